The fraction of sp³-hybridized carbons (Fsp3) is 0.353. The van der Waals surface area contributed by atoms with Crippen molar-refractivity contribution in [3.8, 4) is 0 Å². The Morgan fingerprint density at radius 2 is 2.05 bits per heavy atom. The number of rotatable bonds is 3. The highest BCUT2D eigenvalue weighted by molar-refractivity contribution is 7.80. The van der Waals surface area contributed by atoms with E-state index in [4.69, 9.17) is 12.2 Å². The highest BCUT2D eigenvalue weighted by Crippen LogP contribution is 2.16. The van der Waals surface area contributed by atoms with Crippen LogP contribution < -0.4 is 5.32 Å². The van der Waals surface area contributed by atoms with Crippen molar-refractivity contribution in [1.29, 1.82) is 0 Å². The molecule has 2 N–H and O–H groups in total. The Bertz CT molecular complexity index is 635. The van der Waals surface area contributed by atoms with Gasteiger partial charge in [0.2, 0.25) is 0 Å². The van der Waals surface area contributed by atoms with Gasteiger partial charge in [0, 0.05) is 43.9 Å². The van der Waals surface area contributed by atoms with Gasteiger partial charge in [0.05, 0.1) is 0 Å². The first kappa shape index (κ1) is 15.1. The molecule has 22 heavy (non-hydrogen) atoms. The molecule has 5 heteroatoms. The predicted molar refractivity (Wildman–Crippen MR) is 95.7 cm³/mol. The quantitative estimate of drug-likeness (QED) is 0.854. The van der Waals surface area contributed by atoms with Crippen molar-refractivity contribution < 1.29 is 0 Å². The van der Waals surface area contributed by atoms with Gasteiger partial charge in [-0.1, -0.05) is 24.3 Å². The third kappa shape index (κ3) is 3.48. The second-order valence-electron chi connectivity index (χ2n) is 5.59. The molecule has 4 nitrogen and oxygen atoms in total. The van der Waals surface area contributed by atoms with Crippen molar-refractivity contribution in [3.05, 3.63) is 48.3 Å². The average Bonchev–Trinajstić information content (AvgIpc) is 2.95. The first-order valence-electron chi connectivity index (χ1n) is 7.72. The highest BCUT2D eigenvalue weighted by atomic mass is 32.1. The lowest BCUT2D eigenvalue weighted by atomic mass is 10.2. The summed E-state index contributed by atoms with van der Waals surface area (Å²) in [6.45, 7) is 6.97. The van der Waals surface area contributed by atoms with Crippen LogP contribution >= 0.6 is 12.2 Å². The summed E-state index contributed by atoms with van der Waals surface area (Å²) < 4.78 is 0. The van der Waals surface area contributed by atoms with Crippen molar-refractivity contribution in [2.24, 2.45) is 0 Å². The van der Waals surface area contributed by atoms with Crippen molar-refractivity contribution in [2.45, 2.75) is 13.5 Å². The number of nitrogens with zero attached hydrogens (tertiary/aromatic N) is 2. The molecule has 1 aromatic heterocycles. The normalized spacial score (nSPS) is 16.5. The molecule has 3 rings (SSSR count). The van der Waals surface area contributed by atoms with Gasteiger partial charge < -0.3 is 15.2 Å². The zero-order chi connectivity index (χ0) is 15.4. The molecule has 0 bridgehead atoms. The number of nitrogens with one attached hydrogen (secondary N) is 2. The molecule has 116 valence electrons. The van der Waals surface area contributed by atoms with Gasteiger partial charge in [-0.15, -0.1) is 0 Å². The van der Waals surface area contributed by atoms with Crippen LogP contribution in [0.15, 0.2) is 42.6 Å². The van der Waals surface area contributed by atoms with Crippen LogP contribution in [-0.4, -0.2) is 46.1 Å². The largest absolute Gasteiger partial charge is 0.357 e. The Hall–Kier alpha value is -1.85. The summed E-state index contributed by atoms with van der Waals surface area (Å²) in [6, 6.07) is 10.7. The van der Waals surface area contributed by atoms with E-state index in [-0.39, 0.29) is 0 Å². The maximum atomic E-state index is 5.39. The van der Waals surface area contributed by atoms with Gasteiger partial charge >= 0.3 is 0 Å². The predicted octanol–water partition coefficient (Wildman–Crippen LogP) is 2.69. The number of fused-ring (bicyclic) bond motifs is 1. The number of thiocarbonyl (C=S) groups is 1. The summed E-state index contributed by atoms with van der Waals surface area (Å²) in [5.41, 5.74) is 2.50. The van der Waals surface area contributed by atoms with E-state index in [2.05, 4.69) is 50.4 Å². The number of benzene rings is 1. The molecule has 0 atom stereocenters. The van der Waals surface area contributed by atoms with Crippen LogP contribution in [0, 0.1) is 0 Å². The summed E-state index contributed by atoms with van der Waals surface area (Å²) in [6.07, 6.45) is 3.84. The standard InChI is InChI=1S/C17H22N4S/c1-2-7-18-17(22)21-10-8-20(9-11-21)13-15-12-14-5-3-4-6-16(14)19-15/h2-7,12,19H,8-11,13H2,1H3,(H,18,22)/b7-2-. The topological polar surface area (TPSA) is 34.3 Å². The molecule has 1 saturated heterocycles. The van der Waals surface area contributed by atoms with E-state index in [0.717, 1.165) is 37.8 Å². The van der Waals surface area contributed by atoms with E-state index in [1.165, 1.54) is 16.6 Å². The number of hydrogen-bond acceptors (Lipinski definition) is 2. The number of piperazine rings is 1. The van der Waals surface area contributed by atoms with Crippen LogP contribution in [0.25, 0.3) is 10.9 Å². The minimum Gasteiger partial charge on any atom is -0.357 e. The van der Waals surface area contributed by atoms with Gasteiger partial charge in [-0.2, -0.15) is 0 Å². The van der Waals surface area contributed by atoms with Crippen LogP contribution in [-0.2, 0) is 6.54 Å². The first-order chi connectivity index (χ1) is 10.8. The smallest absolute Gasteiger partial charge is 0.173 e. The summed E-state index contributed by atoms with van der Waals surface area (Å²) >= 11 is 5.39. The van der Waals surface area contributed by atoms with E-state index in [1.54, 1.807) is 0 Å². The molecule has 2 heterocycles. The van der Waals surface area contributed by atoms with Gasteiger partial charge in [-0.05, 0) is 42.9 Å². The van der Waals surface area contributed by atoms with E-state index in [9.17, 15) is 0 Å². The van der Waals surface area contributed by atoms with Gasteiger partial charge in [0.1, 0.15) is 0 Å². The third-order valence-corrected chi connectivity index (χ3v) is 4.39. The molecule has 0 aliphatic carbocycles. The van der Waals surface area contributed by atoms with Crippen molar-refractivity contribution in [1.82, 2.24) is 20.1 Å². The first-order valence-corrected chi connectivity index (χ1v) is 8.12. The van der Waals surface area contributed by atoms with Crippen LogP contribution in [0.4, 0.5) is 0 Å². The minimum atomic E-state index is 0.823. The zero-order valence-corrected chi connectivity index (χ0v) is 13.7. The number of allylic oxidation sites excluding steroid dienone is 1. The second kappa shape index (κ2) is 6.94. The second-order valence-corrected chi connectivity index (χ2v) is 5.98. The fourth-order valence-corrected chi connectivity index (χ4v) is 3.07. The van der Waals surface area contributed by atoms with Crippen molar-refractivity contribution in [3.63, 3.8) is 0 Å². The molecule has 0 unspecified atom stereocenters. The molecule has 1 aliphatic heterocycles. The van der Waals surface area contributed by atoms with Gasteiger partial charge in [0.15, 0.2) is 5.11 Å². The summed E-state index contributed by atoms with van der Waals surface area (Å²) in [5.74, 6) is 0. The number of H-pyrrole nitrogens is 1. The molecule has 0 spiro atoms. The molecule has 1 fully saturated rings. The Balaban J connectivity index is 1.54. The summed E-state index contributed by atoms with van der Waals surface area (Å²) in [7, 11) is 0. The van der Waals surface area contributed by atoms with Crippen LogP contribution in [0.1, 0.15) is 12.6 Å². The molecule has 0 saturated carbocycles. The number of para-hydroxylation sites is 1. The minimum absolute atomic E-state index is 0.823. The van der Waals surface area contributed by atoms with Crippen molar-refractivity contribution >= 4 is 28.2 Å². The molecule has 1 aromatic carbocycles. The average molecular weight is 314 g/mol. The van der Waals surface area contributed by atoms with E-state index < -0.39 is 0 Å². The Morgan fingerprint density at radius 1 is 1.27 bits per heavy atom. The Labute approximate surface area is 136 Å². The van der Waals surface area contributed by atoms with Crippen LogP contribution in [0.3, 0.4) is 0 Å². The molecule has 0 amide bonds. The maximum absolute atomic E-state index is 5.39. The molecular formula is C17H22N4S. The van der Waals surface area contributed by atoms with Gasteiger partial charge in [-0.3, -0.25) is 4.90 Å². The molecule has 0 radical (unpaired) electrons. The lowest BCUT2D eigenvalue weighted by Gasteiger charge is -2.35. The van der Waals surface area contributed by atoms with Gasteiger partial charge in [0.25, 0.3) is 0 Å². The van der Waals surface area contributed by atoms with Gasteiger partial charge in [-0.25, -0.2) is 0 Å². The highest BCUT2D eigenvalue weighted by Gasteiger charge is 2.18. The number of hydrogen-bond donors (Lipinski definition) is 2. The van der Waals surface area contributed by atoms with Crippen molar-refractivity contribution in [2.75, 3.05) is 26.2 Å². The van der Waals surface area contributed by atoms with Crippen LogP contribution in [0.5, 0.6) is 0 Å². The lowest BCUT2D eigenvalue weighted by Crippen LogP contribution is -2.50. The molecule has 1 aliphatic rings. The monoisotopic (exact) mass is 314 g/mol. The number of aromatic nitrogens is 1. The van der Waals surface area contributed by atoms with E-state index >= 15 is 0 Å². The molecular weight excluding hydrogens is 292 g/mol. The SMILES string of the molecule is C/C=C\NC(=S)N1CCN(Cc2cc3ccccc3[nH]2)CC1. The van der Waals surface area contributed by atoms with Crippen LogP contribution in [0.2, 0.25) is 0 Å². The lowest BCUT2D eigenvalue weighted by molar-refractivity contribution is 0.174. The summed E-state index contributed by atoms with van der Waals surface area (Å²) in [4.78, 5) is 8.21. The summed E-state index contributed by atoms with van der Waals surface area (Å²) in [5, 5.41) is 5.24. The maximum Gasteiger partial charge on any atom is 0.173 e. The third-order valence-electron chi connectivity index (χ3n) is 4.01. The Kier molecular flexibility index (Phi) is 4.75. The number of aromatic amines is 1. The van der Waals surface area contributed by atoms with E-state index in [0.29, 0.717) is 0 Å². The fourth-order valence-electron chi connectivity index (χ4n) is 2.81. The van der Waals surface area contributed by atoms with E-state index in [1.807, 2.05) is 19.2 Å². The Morgan fingerprint density at radius 3 is 2.77 bits per heavy atom. The molecule has 2 aromatic rings. The zero-order valence-electron chi connectivity index (χ0n) is 12.9.